The lowest BCUT2D eigenvalue weighted by molar-refractivity contribution is 0.304. The van der Waals surface area contributed by atoms with Crippen LogP contribution in [0.2, 0.25) is 0 Å². The molecule has 0 saturated heterocycles. The molecule has 0 unspecified atom stereocenters. The van der Waals surface area contributed by atoms with Crippen molar-refractivity contribution in [1.82, 2.24) is 14.3 Å². The van der Waals surface area contributed by atoms with Crippen LogP contribution in [0.25, 0.3) is 5.69 Å². The van der Waals surface area contributed by atoms with Crippen LogP contribution < -0.4 is 10.4 Å². The zero-order valence-corrected chi connectivity index (χ0v) is 17.6. The van der Waals surface area contributed by atoms with E-state index >= 15 is 0 Å². The smallest absolute Gasteiger partial charge is 0.350 e. The second-order valence-corrected chi connectivity index (χ2v) is 7.87. The monoisotopic (exact) mass is 385 g/mol. The number of nitrogens with zero attached hydrogens (tertiary/aromatic N) is 3. The molecule has 0 aliphatic carbocycles. The minimum absolute atomic E-state index is 0.00274. The van der Waals surface area contributed by atoms with Crippen molar-refractivity contribution in [2.45, 2.75) is 91.0 Å². The predicted molar refractivity (Wildman–Crippen MR) is 114 cm³/mol. The lowest BCUT2D eigenvalue weighted by atomic mass is 10.0. The summed E-state index contributed by atoms with van der Waals surface area (Å²) in [5.74, 6) is 1.80. The first-order valence-electron chi connectivity index (χ1n) is 11.2. The number of hydrogen-bond acceptors (Lipinski definition) is 3. The van der Waals surface area contributed by atoms with Crippen LogP contribution in [0.1, 0.15) is 83.0 Å². The van der Waals surface area contributed by atoms with E-state index in [0.717, 1.165) is 56.0 Å². The Kier molecular flexibility index (Phi) is 7.75. The highest BCUT2D eigenvalue weighted by molar-refractivity contribution is 5.48. The van der Waals surface area contributed by atoms with Crippen LogP contribution in [0.3, 0.4) is 0 Å². The van der Waals surface area contributed by atoms with E-state index in [2.05, 4.69) is 25.0 Å². The van der Waals surface area contributed by atoms with Crippen molar-refractivity contribution < 1.29 is 4.74 Å². The maximum atomic E-state index is 12.9. The van der Waals surface area contributed by atoms with Gasteiger partial charge in [0.15, 0.2) is 0 Å². The molecule has 1 aliphatic heterocycles. The van der Waals surface area contributed by atoms with Gasteiger partial charge in [0.25, 0.3) is 0 Å². The molecule has 5 heteroatoms. The Morgan fingerprint density at radius 3 is 2.50 bits per heavy atom. The molecule has 3 rings (SSSR count). The van der Waals surface area contributed by atoms with Crippen molar-refractivity contribution in [2.75, 3.05) is 6.61 Å². The summed E-state index contributed by atoms with van der Waals surface area (Å²) in [4.78, 5) is 12.9. The van der Waals surface area contributed by atoms with E-state index in [1.807, 2.05) is 12.1 Å². The molecular weight excluding hydrogens is 350 g/mol. The van der Waals surface area contributed by atoms with Gasteiger partial charge < -0.3 is 4.74 Å². The molecule has 1 aromatic carbocycles. The summed E-state index contributed by atoms with van der Waals surface area (Å²) < 4.78 is 9.40. The summed E-state index contributed by atoms with van der Waals surface area (Å²) in [6.45, 7) is 5.91. The van der Waals surface area contributed by atoms with E-state index in [9.17, 15) is 4.79 Å². The van der Waals surface area contributed by atoms with Gasteiger partial charge in [0.2, 0.25) is 0 Å². The van der Waals surface area contributed by atoms with Crippen molar-refractivity contribution in [2.24, 2.45) is 0 Å². The van der Waals surface area contributed by atoms with Gasteiger partial charge in [0.1, 0.15) is 11.6 Å². The van der Waals surface area contributed by atoms with Gasteiger partial charge in [-0.2, -0.15) is 5.10 Å². The van der Waals surface area contributed by atoms with Crippen LogP contribution in [0.4, 0.5) is 0 Å². The number of benzene rings is 1. The third-order valence-electron chi connectivity index (χ3n) is 5.56. The fourth-order valence-corrected chi connectivity index (χ4v) is 3.90. The average molecular weight is 386 g/mol. The number of aromatic nitrogens is 3. The Hall–Kier alpha value is -2.04. The SMILES string of the molecule is CCCCCCCOc1ccc2c(c1)CCc1nn(CCCCCC)c(=O)n1-2. The highest BCUT2D eigenvalue weighted by Gasteiger charge is 2.22. The molecule has 28 heavy (non-hydrogen) atoms. The quantitative estimate of drug-likeness (QED) is 0.480. The Labute approximate surface area is 168 Å². The highest BCUT2D eigenvalue weighted by Crippen LogP contribution is 2.26. The normalized spacial score (nSPS) is 12.6. The first kappa shape index (κ1) is 20.7. The first-order valence-corrected chi connectivity index (χ1v) is 11.2. The highest BCUT2D eigenvalue weighted by atomic mass is 16.5. The fourth-order valence-electron chi connectivity index (χ4n) is 3.90. The second-order valence-electron chi connectivity index (χ2n) is 7.87. The molecule has 2 aromatic rings. The molecule has 0 atom stereocenters. The molecule has 0 fully saturated rings. The van der Waals surface area contributed by atoms with Gasteiger partial charge in [0.05, 0.1) is 12.3 Å². The Balaban J connectivity index is 1.63. The van der Waals surface area contributed by atoms with Gasteiger partial charge in [-0.3, -0.25) is 0 Å². The molecule has 0 radical (unpaired) electrons. The number of ether oxygens (including phenoxy) is 1. The van der Waals surface area contributed by atoms with Crippen LogP contribution >= 0.6 is 0 Å². The van der Waals surface area contributed by atoms with E-state index in [-0.39, 0.29) is 5.69 Å². The molecule has 1 aromatic heterocycles. The third-order valence-corrected chi connectivity index (χ3v) is 5.56. The van der Waals surface area contributed by atoms with Crippen molar-refractivity contribution >= 4 is 0 Å². The van der Waals surface area contributed by atoms with Crippen LogP contribution in [-0.4, -0.2) is 21.0 Å². The summed E-state index contributed by atoms with van der Waals surface area (Å²) in [5.41, 5.74) is 2.15. The zero-order chi connectivity index (χ0) is 19.8. The minimum Gasteiger partial charge on any atom is -0.494 e. The average Bonchev–Trinajstić information content (AvgIpc) is 3.04. The number of unbranched alkanes of at least 4 members (excludes halogenated alkanes) is 7. The minimum atomic E-state index is -0.00274. The van der Waals surface area contributed by atoms with Gasteiger partial charge in [-0.25, -0.2) is 14.0 Å². The summed E-state index contributed by atoms with van der Waals surface area (Å²) >= 11 is 0. The molecule has 0 spiro atoms. The van der Waals surface area contributed by atoms with Crippen LogP contribution in [-0.2, 0) is 19.4 Å². The van der Waals surface area contributed by atoms with Gasteiger partial charge in [-0.1, -0.05) is 58.8 Å². The maximum absolute atomic E-state index is 12.9. The van der Waals surface area contributed by atoms with Gasteiger partial charge >= 0.3 is 5.69 Å². The second kappa shape index (κ2) is 10.5. The van der Waals surface area contributed by atoms with E-state index in [0.29, 0.717) is 6.54 Å². The number of aryl methyl sites for hydroxylation is 3. The Morgan fingerprint density at radius 1 is 0.964 bits per heavy atom. The Morgan fingerprint density at radius 2 is 1.71 bits per heavy atom. The molecule has 2 heterocycles. The van der Waals surface area contributed by atoms with Gasteiger partial charge in [0, 0.05) is 13.0 Å². The van der Waals surface area contributed by atoms with Crippen molar-refractivity contribution in [1.29, 1.82) is 0 Å². The summed E-state index contributed by atoms with van der Waals surface area (Å²) in [5, 5.41) is 4.59. The molecular formula is C23H35N3O2. The Bertz CT molecular complexity index is 807. The fraction of sp³-hybridized carbons (Fsp3) is 0.652. The zero-order valence-electron chi connectivity index (χ0n) is 17.6. The largest absolute Gasteiger partial charge is 0.494 e. The van der Waals surface area contributed by atoms with Gasteiger partial charge in [-0.05, 0) is 43.0 Å². The summed E-state index contributed by atoms with van der Waals surface area (Å²) in [7, 11) is 0. The molecule has 0 amide bonds. The lowest BCUT2D eigenvalue weighted by Gasteiger charge is -2.18. The predicted octanol–water partition coefficient (Wildman–Crippen LogP) is 5.06. The van der Waals surface area contributed by atoms with Crippen molar-refractivity contribution in [3.8, 4) is 11.4 Å². The summed E-state index contributed by atoms with van der Waals surface area (Å²) in [6.07, 6.45) is 12.5. The number of hydrogen-bond donors (Lipinski definition) is 0. The topological polar surface area (TPSA) is 49.1 Å². The molecule has 0 bridgehead atoms. The van der Waals surface area contributed by atoms with Crippen molar-refractivity contribution in [3.63, 3.8) is 0 Å². The van der Waals surface area contributed by atoms with Crippen LogP contribution in [0, 0.1) is 0 Å². The van der Waals surface area contributed by atoms with Crippen LogP contribution in [0.5, 0.6) is 5.75 Å². The van der Waals surface area contributed by atoms with E-state index in [4.69, 9.17) is 4.74 Å². The molecule has 5 nitrogen and oxygen atoms in total. The van der Waals surface area contributed by atoms with E-state index in [1.165, 1.54) is 44.1 Å². The lowest BCUT2D eigenvalue weighted by Crippen LogP contribution is -2.26. The van der Waals surface area contributed by atoms with Crippen LogP contribution in [0.15, 0.2) is 23.0 Å². The van der Waals surface area contributed by atoms with Crippen molar-refractivity contribution in [3.05, 3.63) is 40.1 Å². The molecule has 154 valence electrons. The summed E-state index contributed by atoms with van der Waals surface area (Å²) in [6, 6.07) is 6.12. The molecule has 0 saturated carbocycles. The number of fused-ring (bicyclic) bond motifs is 3. The molecule has 0 N–H and O–H groups in total. The van der Waals surface area contributed by atoms with E-state index < -0.39 is 0 Å². The van der Waals surface area contributed by atoms with Gasteiger partial charge in [-0.15, -0.1) is 0 Å². The standard InChI is InChI=1S/C23H35N3O2/c1-3-5-7-9-11-17-28-20-13-14-21-19(18-20)12-15-22-24-25(23(27)26(21)22)16-10-8-6-4-2/h13-14,18H,3-12,15-17H2,1-2H3. The molecule has 1 aliphatic rings. The first-order chi connectivity index (χ1) is 13.7. The maximum Gasteiger partial charge on any atom is 0.350 e. The van der Waals surface area contributed by atoms with E-state index in [1.54, 1.807) is 9.25 Å². The number of rotatable bonds is 12. The third kappa shape index (κ3) is 5.06.